The van der Waals surface area contributed by atoms with Crippen LogP contribution in [0.3, 0.4) is 0 Å². The standard InChI is InChI=1S/C54H54N2O2/c1-54(2,37-36-41-20-21-41)51-38-44(52(57-3)39-53(51)58-4)25-22-40-23-30-48(31-24-40)56(47-18-12-7-13-19-47)50-34-28-43(29-35-50)42-26-32-49(33-27-42)55(45-14-8-5-9-15-45)46-16-10-6-11-17-46/h5-19,23-24,26-35,38-39,41H,20-22,25,36-37H2,1-4H3. The number of anilines is 6. The van der Waals surface area contributed by atoms with E-state index in [0.29, 0.717) is 0 Å². The molecule has 1 aliphatic carbocycles. The zero-order valence-electron chi connectivity index (χ0n) is 34.3. The fourth-order valence-corrected chi connectivity index (χ4v) is 8.12. The number of benzene rings is 7. The van der Waals surface area contributed by atoms with Crippen molar-refractivity contribution < 1.29 is 9.47 Å². The molecule has 0 saturated heterocycles. The van der Waals surface area contributed by atoms with E-state index in [4.69, 9.17) is 9.47 Å². The van der Waals surface area contributed by atoms with Gasteiger partial charge in [-0.2, -0.15) is 0 Å². The van der Waals surface area contributed by atoms with Crippen LogP contribution in [0.1, 0.15) is 56.2 Å². The third kappa shape index (κ3) is 8.82. The molecule has 0 atom stereocenters. The summed E-state index contributed by atoms with van der Waals surface area (Å²) >= 11 is 0. The smallest absolute Gasteiger partial charge is 0.126 e. The average molecular weight is 763 g/mol. The molecule has 1 fully saturated rings. The summed E-state index contributed by atoms with van der Waals surface area (Å²) in [7, 11) is 3.53. The highest BCUT2D eigenvalue weighted by atomic mass is 16.5. The second kappa shape index (κ2) is 17.5. The molecule has 0 N–H and O–H groups in total. The average Bonchev–Trinajstić information content (AvgIpc) is 4.12. The lowest BCUT2D eigenvalue weighted by Gasteiger charge is -2.29. The van der Waals surface area contributed by atoms with E-state index in [1.54, 1.807) is 14.2 Å². The molecular formula is C54H54N2O2. The molecule has 4 nitrogen and oxygen atoms in total. The second-order valence-corrected chi connectivity index (χ2v) is 16.2. The van der Waals surface area contributed by atoms with E-state index in [1.165, 1.54) is 47.1 Å². The predicted octanol–water partition coefficient (Wildman–Crippen LogP) is 14.6. The third-order valence-electron chi connectivity index (χ3n) is 11.7. The van der Waals surface area contributed by atoms with Gasteiger partial charge in [0.25, 0.3) is 0 Å². The number of hydrogen-bond donors (Lipinski definition) is 0. The lowest BCUT2D eigenvalue weighted by atomic mass is 9.78. The number of rotatable bonds is 16. The first-order valence-corrected chi connectivity index (χ1v) is 20.7. The summed E-state index contributed by atoms with van der Waals surface area (Å²) in [5.41, 5.74) is 12.9. The van der Waals surface area contributed by atoms with Crippen LogP contribution < -0.4 is 19.3 Å². The lowest BCUT2D eigenvalue weighted by molar-refractivity contribution is 0.367. The largest absolute Gasteiger partial charge is 0.496 e. The van der Waals surface area contributed by atoms with Gasteiger partial charge in [0.2, 0.25) is 0 Å². The minimum Gasteiger partial charge on any atom is -0.496 e. The van der Waals surface area contributed by atoms with Crippen molar-refractivity contribution in [1.29, 1.82) is 0 Å². The van der Waals surface area contributed by atoms with Crippen molar-refractivity contribution in [1.82, 2.24) is 0 Å². The maximum atomic E-state index is 5.91. The molecule has 1 aliphatic rings. The maximum Gasteiger partial charge on any atom is 0.126 e. The number of ether oxygens (including phenoxy) is 2. The second-order valence-electron chi connectivity index (χ2n) is 16.2. The Bertz CT molecular complexity index is 2330. The fraction of sp³-hybridized carbons (Fsp3) is 0.222. The van der Waals surface area contributed by atoms with Crippen molar-refractivity contribution >= 4 is 34.1 Å². The predicted molar refractivity (Wildman–Crippen MR) is 243 cm³/mol. The Morgan fingerprint density at radius 1 is 0.483 bits per heavy atom. The molecule has 0 aliphatic heterocycles. The Morgan fingerprint density at radius 2 is 0.897 bits per heavy atom. The van der Waals surface area contributed by atoms with Crippen LogP contribution >= 0.6 is 0 Å². The molecule has 0 amide bonds. The van der Waals surface area contributed by atoms with Crippen molar-refractivity contribution in [3.05, 3.63) is 193 Å². The van der Waals surface area contributed by atoms with Crippen LogP contribution in [-0.2, 0) is 18.3 Å². The summed E-state index contributed by atoms with van der Waals surface area (Å²) in [6, 6.07) is 62.9. The Morgan fingerprint density at radius 3 is 1.31 bits per heavy atom. The Kier molecular flexibility index (Phi) is 11.6. The Balaban J connectivity index is 1.01. The molecule has 0 heterocycles. The maximum absolute atomic E-state index is 5.91. The number of para-hydroxylation sites is 3. The van der Waals surface area contributed by atoms with E-state index >= 15 is 0 Å². The van der Waals surface area contributed by atoms with Crippen molar-refractivity contribution in [3.8, 4) is 22.6 Å². The van der Waals surface area contributed by atoms with E-state index in [1.807, 2.05) is 0 Å². The number of hydrogen-bond acceptors (Lipinski definition) is 4. The summed E-state index contributed by atoms with van der Waals surface area (Å²) in [4.78, 5) is 4.62. The zero-order chi connectivity index (χ0) is 39.9. The van der Waals surface area contributed by atoms with Gasteiger partial charge in [-0.15, -0.1) is 0 Å². The van der Waals surface area contributed by atoms with Gasteiger partial charge in [0.05, 0.1) is 14.2 Å². The highest BCUT2D eigenvalue weighted by Crippen LogP contribution is 2.44. The Labute approximate surface area is 345 Å². The Hall–Kier alpha value is -6.26. The van der Waals surface area contributed by atoms with Crippen LogP contribution in [0, 0.1) is 5.92 Å². The van der Waals surface area contributed by atoms with Gasteiger partial charge < -0.3 is 19.3 Å². The van der Waals surface area contributed by atoms with Gasteiger partial charge in [-0.05, 0) is 138 Å². The monoisotopic (exact) mass is 762 g/mol. The third-order valence-corrected chi connectivity index (χ3v) is 11.7. The summed E-state index contributed by atoms with van der Waals surface area (Å²) in [6.07, 6.45) is 7.02. The molecule has 7 aromatic rings. The van der Waals surface area contributed by atoms with Gasteiger partial charge in [-0.25, -0.2) is 0 Å². The first-order chi connectivity index (χ1) is 28.4. The number of aryl methyl sites for hydroxylation is 2. The summed E-state index contributed by atoms with van der Waals surface area (Å²) < 4.78 is 11.8. The van der Waals surface area contributed by atoms with Gasteiger partial charge in [0.15, 0.2) is 0 Å². The number of methoxy groups -OCH3 is 2. The van der Waals surface area contributed by atoms with Crippen molar-refractivity contribution in [2.24, 2.45) is 5.92 Å². The summed E-state index contributed by atoms with van der Waals surface area (Å²) in [5.74, 6) is 2.72. The fourth-order valence-electron chi connectivity index (χ4n) is 8.12. The van der Waals surface area contributed by atoms with E-state index in [0.717, 1.165) is 70.8 Å². The normalized spacial score (nSPS) is 12.6. The molecule has 0 bridgehead atoms. The van der Waals surface area contributed by atoms with Crippen molar-refractivity contribution in [3.63, 3.8) is 0 Å². The SMILES string of the molecule is COc1cc(OC)c(C(C)(C)CCC2CC2)cc1CCc1ccc(N(c2ccccc2)c2ccc(-c3ccc(N(c4ccccc4)c4ccccc4)cc3)cc2)cc1. The van der Waals surface area contributed by atoms with Crippen LogP contribution in [0.25, 0.3) is 11.1 Å². The number of nitrogens with zero attached hydrogens (tertiary/aromatic N) is 2. The van der Waals surface area contributed by atoms with Gasteiger partial charge in [-0.3, -0.25) is 0 Å². The minimum atomic E-state index is 0.0351. The van der Waals surface area contributed by atoms with E-state index in [2.05, 4.69) is 200 Å². The van der Waals surface area contributed by atoms with Crippen molar-refractivity contribution in [2.45, 2.75) is 57.8 Å². The van der Waals surface area contributed by atoms with Crippen LogP contribution in [-0.4, -0.2) is 14.2 Å². The molecule has 0 radical (unpaired) electrons. The molecule has 0 unspecified atom stereocenters. The van der Waals surface area contributed by atoms with Crippen LogP contribution in [0.4, 0.5) is 34.1 Å². The van der Waals surface area contributed by atoms with Crippen LogP contribution in [0.5, 0.6) is 11.5 Å². The molecule has 4 heteroatoms. The highest BCUT2D eigenvalue weighted by Gasteiger charge is 2.30. The molecule has 8 rings (SSSR count). The quantitative estimate of drug-likeness (QED) is 0.0979. The first-order valence-electron chi connectivity index (χ1n) is 20.7. The van der Waals surface area contributed by atoms with Gasteiger partial charge in [-0.1, -0.05) is 118 Å². The van der Waals surface area contributed by atoms with Crippen molar-refractivity contribution in [2.75, 3.05) is 24.0 Å². The van der Waals surface area contributed by atoms with E-state index in [-0.39, 0.29) is 5.41 Å². The van der Waals surface area contributed by atoms with E-state index in [9.17, 15) is 0 Å². The van der Waals surface area contributed by atoms with Gasteiger partial charge >= 0.3 is 0 Å². The van der Waals surface area contributed by atoms with Gasteiger partial charge in [0, 0.05) is 45.8 Å². The minimum absolute atomic E-state index is 0.0351. The van der Waals surface area contributed by atoms with Crippen LogP contribution in [0.15, 0.2) is 176 Å². The zero-order valence-corrected chi connectivity index (χ0v) is 34.3. The first kappa shape index (κ1) is 38.6. The highest BCUT2D eigenvalue weighted by molar-refractivity contribution is 5.80. The molecule has 0 spiro atoms. The summed E-state index contributed by atoms with van der Waals surface area (Å²) in [5, 5.41) is 0. The molecule has 0 aromatic heterocycles. The molecule has 58 heavy (non-hydrogen) atoms. The van der Waals surface area contributed by atoms with Crippen LogP contribution in [0.2, 0.25) is 0 Å². The lowest BCUT2D eigenvalue weighted by Crippen LogP contribution is -2.19. The van der Waals surface area contributed by atoms with Gasteiger partial charge in [0.1, 0.15) is 11.5 Å². The topological polar surface area (TPSA) is 24.9 Å². The molecular weight excluding hydrogens is 709 g/mol. The molecule has 292 valence electrons. The van der Waals surface area contributed by atoms with E-state index < -0.39 is 0 Å². The summed E-state index contributed by atoms with van der Waals surface area (Å²) in [6.45, 7) is 4.72. The molecule has 1 saturated carbocycles. The molecule has 7 aromatic carbocycles.